The van der Waals surface area contributed by atoms with Gasteiger partial charge in [0.15, 0.2) is 5.78 Å². The molecule has 0 amide bonds. The topological polar surface area (TPSA) is 35.5 Å². The summed E-state index contributed by atoms with van der Waals surface area (Å²) in [5.74, 6) is 0.0730. The number of carbonyl (C=O) groups is 1. The molecule has 0 N–H and O–H groups in total. The minimum atomic E-state index is -0.613. The van der Waals surface area contributed by atoms with Gasteiger partial charge >= 0.3 is 0 Å². The summed E-state index contributed by atoms with van der Waals surface area (Å²) in [6.07, 6.45) is 0. The van der Waals surface area contributed by atoms with Gasteiger partial charge in [-0.1, -0.05) is 97.1 Å². The van der Waals surface area contributed by atoms with Crippen LogP contribution in [-0.2, 0) is 28.1 Å². The number of rotatable bonds is 6. The van der Waals surface area contributed by atoms with E-state index in [2.05, 4.69) is 60.7 Å². The number of ketones is 1. The van der Waals surface area contributed by atoms with Crippen molar-refractivity contribution >= 4 is 5.78 Å². The monoisotopic (exact) mass is 434 g/mol. The number of hydrogen-bond donors (Lipinski definition) is 0. The first kappa shape index (κ1) is 21.3. The fourth-order valence-electron chi connectivity index (χ4n) is 5.13. The van der Waals surface area contributed by atoms with Crippen molar-refractivity contribution in [3.8, 4) is 0 Å². The fourth-order valence-corrected chi connectivity index (χ4v) is 5.13. The van der Waals surface area contributed by atoms with Crippen LogP contribution in [-0.4, -0.2) is 20.0 Å². The minimum absolute atomic E-state index is 0.0730. The predicted octanol–water partition coefficient (Wildman–Crippen LogP) is 5.91. The van der Waals surface area contributed by atoms with Gasteiger partial charge in [-0.3, -0.25) is 4.79 Å². The van der Waals surface area contributed by atoms with Crippen molar-refractivity contribution in [2.45, 2.75) is 18.6 Å². The van der Waals surface area contributed by atoms with Crippen LogP contribution in [0.4, 0.5) is 0 Å². The first-order valence-electron chi connectivity index (χ1n) is 11.1. The molecule has 4 aromatic carbocycles. The molecular formula is C30H26O3. The molecule has 1 aliphatic carbocycles. The maximum atomic E-state index is 13.5. The van der Waals surface area contributed by atoms with Crippen molar-refractivity contribution in [2.24, 2.45) is 0 Å². The Hall–Kier alpha value is -3.53. The SMILES string of the molecule is COCc1ccc(C2(c3ccc(COC)cc3)c3ccccc3C(=O)c3ccccc32)cc1. The van der Waals surface area contributed by atoms with Gasteiger partial charge in [0.05, 0.1) is 18.6 Å². The van der Waals surface area contributed by atoms with Crippen LogP contribution in [0.15, 0.2) is 97.1 Å². The molecule has 0 unspecified atom stereocenters. The second-order valence-electron chi connectivity index (χ2n) is 8.43. The lowest BCUT2D eigenvalue weighted by Crippen LogP contribution is -2.38. The Kier molecular flexibility index (Phi) is 5.67. The number of hydrogen-bond acceptors (Lipinski definition) is 3. The van der Waals surface area contributed by atoms with Gasteiger partial charge in [0, 0.05) is 25.3 Å². The van der Waals surface area contributed by atoms with Crippen LogP contribution in [0.3, 0.4) is 0 Å². The highest BCUT2D eigenvalue weighted by Gasteiger charge is 2.46. The highest BCUT2D eigenvalue weighted by molar-refractivity contribution is 6.14. The smallest absolute Gasteiger partial charge is 0.193 e. The number of fused-ring (bicyclic) bond motifs is 2. The van der Waals surface area contributed by atoms with E-state index in [1.54, 1.807) is 14.2 Å². The van der Waals surface area contributed by atoms with Crippen LogP contribution in [0, 0.1) is 0 Å². The summed E-state index contributed by atoms with van der Waals surface area (Å²) in [6.45, 7) is 1.12. The highest BCUT2D eigenvalue weighted by Crippen LogP contribution is 2.50. The van der Waals surface area contributed by atoms with Gasteiger partial charge in [-0.05, 0) is 33.4 Å². The molecule has 1 aliphatic rings. The number of methoxy groups -OCH3 is 2. The predicted molar refractivity (Wildman–Crippen MR) is 130 cm³/mol. The Morgan fingerprint density at radius 1 is 0.576 bits per heavy atom. The van der Waals surface area contributed by atoms with Crippen LogP contribution >= 0.6 is 0 Å². The lowest BCUT2D eigenvalue weighted by Gasteiger charge is -2.41. The summed E-state index contributed by atoms with van der Waals surface area (Å²) in [5.41, 5.74) is 7.36. The summed E-state index contributed by atoms with van der Waals surface area (Å²) >= 11 is 0. The van der Waals surface area contributed by atoms with Crippen LogP contribution < -0.4 is 0 Å². The van der Waals surface area contributed by atoms with E-state index in [4.69, 9.17) is 9.47 Å². The normalized spacial score (nSPS) is 13.9. The first-order valence-corrected chi connectivity index (χ1v) is 11.1. The van der Waals surface area contributed by atoms with E-state index in [1.165, 1.54) is 0 Å². The van der Waals surface area contributed by atoms with Gasteiger partial charge in [0.1, 0.15) is 0 Å². The van der Waals surface area contributed by atoms with Crippen molar-refractivity contribution < 1.29 is 14.3 Å². The van der Waals surface area contributed by atoms with Crippen molar-refractivity contribution in [2.75, 3.05) is 14.2 Å². The van der Waals surface area contributed by atoms with Gasteiger partial charge in [0.2, 0.25) is 0 Å². The molecule has 0 saturated heterocycles. The Morgan fingerprint density at radius 2 is 0.970 bits per heavy atom. The molecule has 4 aromatic rings. The molecule has 0 atom stereocenters. The highest BCUT2D eigenvalue weighted by atomic mass is 16.5. The lowest BCUT2D eigenvalue weighted by atomic mass is 9.59. The van der Waals surface area contributed by atoms with E-state index >= 15 is 0 Å². The standard InChI is InChI=1S/C30H26O3/c1-32-19-21-11-15-23(16-12-21)30(24-17-13-22(14-18-24)20-33-2)27-9-5-3-7-25(27)29(31)26-8-4-6-10-28(26)30/h3-18H,19-20H2,1-2H3. The molecule has 0 heterocycles. The van der Waals surface area contributed by atoms with Crippen molar-refractivity contribution in [1.29, 1.82) is 0 Å². The zero-order valence-electron chi connectivity index (χ0n) is 18.9. The lowest BCUT2D eigenvalue weighted by molar-refractivity contribution is 0.103. The molecule has 5 rings (SSSR count). The molecule has 164 valence electrons. The summed E-state index contributed by atoms with van der Waals surface area (Å²) < 4.78 is 10.7. The third-order valence-electron chi connectivity index (χ3n) is 6.55. The average Bonchev–Trinajstić information content (AvgIpc) is 2.87. The average molecular weight is 435 g/mol. The van der Waals surface area contributed by atoms with Gasteiger partial charge in [0.25, 0.3) is 0 Å². The summed E-state index contributed by atoms with van der Waals surface area (Å²) in [4.78, 5) is 13.5. The van der Waals surface area contributed by atoms with Gasteiger partial charge < -0.3 is 9.47 Å². The van der Waals surface area contributed by atoms with Crippen molar-refractivity contribution in [1.82, 2.24) is 0 Å². The van der Waals surface area contributed by atoms with E-state index in [1.807, 2.05) is 36.4 Å². The Morgan fingerprint density at radius 3 is 1.36 bits per heavy atom. The second kappa shape index (κ2) is 8.78. The van der Waals surface area contributed by atoms with Crippen LogP contribution in [0.25, 0.3) is 0 Å². The number of benzene rings is 4. The van der Waals surface area contributed by atoms with E-state index in [9.17, 15) is 4.79 Å². The van der Waals surface area contributed by atoms with E-state index < -0.39 is 5.41 Å². The zero-order chi connectivity index (χ0) is 22.8. The van der Waals surface area contributed by atoms with E-state index in [-0.39, 0.29) is 5.78 Å². The molecule has 0 radical (unpaired) electrons. The second-order valence-corrected chi connectivity index (χ2v) is 8.43. The Labute approximate surface area is 194 Å². The Bertz CT molecular complexity index is 1190. The van der Waals surface area contributed by atoms with Gasteiger partial charge in [-0.15, -0.1) is 0 Å². The van der Waals surface area contributed by atoms with Crippen LogP contribution in [0.1, 0.15) is 49.3 Å². The van der Waals surface area contributed by atoms with Gasteiger partial charge in [-0.25, -0.2) is 0 Å². The largest absolute Gasteiger partial charge is 0.380 e. The molecular weight excluding hydrogens is 408 g/mol. The number of ether oxygens (including phenoxy) is 2. The van der Waals surface area contributed by atoms with Crippen LogP contribution in [0.2, 0.25) is 0 Å². The molecule has 3 heteroatoms. The molecule has 3 nitrogen and oxygen atoms in total. The van der Waals surface area contributed by atoms with Crippen molar-refractivity contribution in [3.63, 3.8) is 0 Å². The van der Waals surface area contributed by atoms with Crippen molar-refractivity contribution in [3.05, 3.63) is 142 Å². The Balaban J connectivity index is 1.85. The third-order valence-corrected chi connectivity index (χ3v) is 6.55. The molecule has 33 heavy (non-hydrogen) atoms. The first-order chi connectivity index (χ1) is 16.2. The molecule has 0 spiro atoms. The molecule has 0 saturated carbocycles. The van der Waals surface area contributed by atoms with E-state index in [0.717, 1.165) is 44.5 Å². The number of carbonyl (C=O) groups excluding carboxylic acids is 1. The minimum Gasteiger partial charge on any atom is -0.380 e. The van der Waals surface area contributed by atoms with E-state index in [0.29, 0.717) is 13.2 Å². The molecule has 0 aliphatic heterocycles. The molecule has 0 fully saturated rings. The summed E-state index contributed by atoms with van der Waals surface area (Å²) in [7, 11) is 3.41. The quantitative estimate of drug-likeness (QED) is 0.333. The summed E-state index contributed by atoms with van der Waals surface area (Å²) in [6, 6.07) is 33.1. The third kappa shape index (κ3) is 3.41. The summed E-state index contributed by atoms with van der Waals surface area (Å²) in [5, 5.41) is 0. The maximum Gasteiger partial charge on any atom is 0.193 e. The molecule has 0 bridgehead atoms. The van der Waals surface area contributed by atoms with Crippen LogP contribution in [0.5, 0.6) is 0 Å². The maximum absolute atomic E-state index is 13.5. The molecule has 0 aromatic heterocycles. The van der Waals surface area contributed by atoms with Gasteiger partial charge in [-0.2, -0.15) is 0 Å². The zero-order valence-corrected chi connectivity index (χ0v) is 18.9. The fraction of sp³-hybridized carbons (Fsp3) is 0.167.